The predicted octanol–water partition coefficient (Wildman–Crippen LogP) is 5.27. The Kier molecular flexibility index (Phi) is 6.63. The van der Waals surface area contributed by atoms with Crippen LogP contribution in [0.2, 0.25) is 5.02 Å². The minimum atomic E-state index is -0.0212. The van der Waals surface area contributed by atoms with Gasteiger partial charge >= 0.3 is 0 Å². The van der Waals surface area contributed by atoms with E-state index < -0.39 is 0 Å². The molecule has 33 heavy (non-hydrogen) atoms. The summed E-state index contributed by atoms with van der Waals surface area (Å²) in [5, 5.41) is 8.58. The fourth-order valence-corrected chi connectivity index (χ4v) is 5.19. The number of anilines is 1. The summed E-state index contributed by atoms with van der Waals surface area (Å²) in [4.78, 5) is 19.8. The van der Waals surface area contributed by atoms with Crippen LogP contribution in [0.5, 0.6) is 0 Å². The zero-order valence-corrected chi connectivity index (χ0v) is 19.6. The van der Waals surface area contributed by atoms with E-state index in [1.807, 2.05) is 41.0 Å². The third kappa shape index (κ3) is 4.91. The molecule has 0 radical (unpaired) electrons. The number of hydrogen-bond acceptors (Lipinski definition) is 4. The molecule has 1 amide bonds. The van der Waals surface area contributed by atoms with Gasteiger partial charge in [-0.15, -0.1) is 0 Å². The molecule has 0 bridgehead atoms. The zero-order valence-electron chi connectivity index (χ0n) is 18.8. The summed E-state index contributed by atoms with van der Waals surface area (Å²) in [6.07, 6.45) is 13.8. The Morgan fingerprint density at radius 2 is 2.12 bits per heavy atom. The number of nitrogens with one attached hydrogen (secondary N) is 1. The lowest BCUT2D eigenvalue weighted by molar-refractivity contribution is -0.125. The molecule has 6 nitrogen and oxygen atoms in total. The predicted molar refractivity (Wildman–Crippen MR) is 133 cm³/mol. The molecule has 1 unspecified atom stereocenters. The average molecular weight is 464 g/mol. The maximum absolute atomic E-state index is 12.9. The minimum absolute atomic E-state index is 0.0212. The average Bonchev–Trinajstić information content (AvgIpc) is 3.29. The van der Waals surface area contributed by atoms with Gasteiger partial charge in [-0.25, -0.2) is 9.50 Å². The first-order valence-electron chi connectivity index (χ1n) is 12.0. The maximum atomic E-state index is 12.9. The van der Waals surface area contributed by atoms with Crippen molar-refractivity contribution in [3.05, 3.63) is 59.4 Å². The van der Waals surface area contributed by atoms with Crippen molar-refractivity contribution in [1.82, 2.24) is 19.9 Å². The Bertz CT molecular complexity index is 1170. The fourth-order valence-electron chi connectivity index (χ4n) is 4.96. The number of piperidine rings is 1. The highest BCUT2D eigenvalue weighted by molar-refractivity contribution is 6.33. The van der Waals surface area contributed by atoms with Crippen molar-refractivity contribution in [3.8, 4) is 11.3 Å². The molecule has 2 aliphatic rings. The highest BCUT2D eigenvalue weighted by Gasteiger charge is 2.28. The zero-order chi connectivity index (χ0) is 22.6. The second kappa shape index (κ2) is 9.96. The maximum Gasteiger partial charge on any atom is 0.224 e. The van der Waals surface area contributed by atoms with Gasteiger partial charge in [-0.3, -0.25) is 4.79 Å². The second-order valence-electron chi connectivity index (χ2n) is 9.02. The number of allylic oxidation sites excluding steroid dienone is 1. The molecule has 1 saturated heterocycles. The third-order valence-electron chi connectivity index (χ3n) is 6.74. The van der Waals surface area contributed by atoms with E-state index in [0.717, 1.165) is 54.9 Å². The van der Waals surface area contributed by atoms with Gasteiger partial charge in [0, 0.05) is 37.6 Å². The van der Waals surface area contributed by atoms with Gasteiger partial charge in [0.05, 0.1) is 16.6 Å². The van der Waals surface area contributed by atoms with Crippen molar-refractivity contribution in [1.29, 1.82) is 0 Å². The lowest BCUT2D eigenvalue weighted by Gasteiger charge is -2.33. The molecule has 1 N–H and O–H groups in total. The molecule has 3 heterocycles. The van der Waals surface area contributed by atoms with Crippen LogP contribution in [0.4, 0.5) is 5.82 Å². The van der Waals surface area contributed by atoms with Crippen LogP contribution < -0.4 is 10.2 Å². The number of hydrogen-bond donors (Lipinski definition) is 1. The van der Waals surface area contributed by atoms with Gasteiger partial charge in [-0.1, -0.05) is 41.4 Å². The van der Waals surface area contributed by atoms with Crippen molar-refractivity contribution >= 4 is 28.8 Å². The number of nitrogens with zero attached hydrogens (tertiary/aromatic N) is 4. The van der Waals surface area contributed by atoms with Crippen molar-refractivity contribution in [2.24, 2.45) is 5.92 Å². The van der Waals surface area contributed by atoms with Crippen LogP contribution in [0.3, 0.4) is 0 Å². The van der Waals surface area contributed by atoms with Crippen molar-refractivity contribution in [2.45, 2.75) is 44.9 Å². The smallest absolute Gasteiger partial charge is 0.224 e. The van der Waals surface area contributed by atoms with Gasteiger partial charge in [0.15, 0.2) is 5.82 Å². The van der Waals surface area contributed by atoms with Gasteiger partial charge in [0.25, 0.3) is 0 Å². The number of amides is 1. The summed E-state index contributed by atoms with van der Waals surface area (Å²) in [5.74, 6) is 1.01. The number of benzene rings is 1. The molecule has 1 aliphatic heterocycles. The normalized spacial score (nSPS) is 18.9. The quantitative estimate of drug-likeness (QED) is 0.505. The molecule has 0 saturated carbocycles. The fraction of sp³-hybridized carbons (Fsp3) is 0.423. The van der Waals surface area contributed by atoms with E-state index in [9.17, 15) is 4.79 Å². The Hall–Kier alpha value is -2.86. The first kappa shape index (κ1) is 22.0. The minimum Gasteiger partial charge on any atom is -0.355 e. The summed E-state index contributed by atoms with van der Waals surface area (Å²) in [6.45, 7) is 2.29. The van der Waals surface area contributed by atoms with Crippen molar-refractivity contribution in [3.63, 3.8) is 0 Å². The van der Waals surface area contributed by atoms with Crippen LogP contribution in [-0.2, 0) is 4.79 Å². The van der Waals surface area contributed by atoms with Crippen LogP contribution in [0.25, 0.3) is 16.8 Å². The Morgan fingerprint density at radius 3 is 2.97 bits per heavy atom. The Labute approximate surface area is 199 Å². The van der Waals surface area contributed by atoms with E-state index in [1.165, 1.54) is 31.3 Å². The SMILES string of the molecule is O=C(NCCC1=CCCCC1)C1CCCN(c2nccn3nc(-c4ccccc4Cl)cc23)C1. The topological polar surface area (TPSA) is 62.5 Å². The van der Waals surface area contributed by atoms with E-state index in [4.69, 9.17) is 16.7 Å². The lowest BCUT2D eigenvalue weighted by Crippen LogP contribution is -2.43. The summed E-state index contributed by atoms with van der Waals surface area (Å²) < 4.78 is 1.85. The molecule has 5 rings (SSSR count). The molecule has 1 fully saturated rings. The first-order valence-corrected chi connectivity index (χ1v) is 12.4. The van der Waals surface area contributed by atoms with Gasteiger partial charge < -0.3 is 10.2 Å². The molecule has 172 valence electrons. The van der Waals surface area contributed by atoms with Gasteiger partial charge in [0.1, 0.15) is 5.52 Å². The van der Waals surface area contributed by atoms with E-state index in [-0.39, 0.29) is 11.8 Å². The monoisotopic (exact) mass is 463 g/mol. The molecule has 2 aromatic heterocycles. The molecular formula is C26H30ClN5O. The van der Waals surface area contributed by atoms with Crippen LogP contribution >= 0.6 is 11.6 Å². The third-order valence-corrected chi connectivity index (χ3v) is 7.07. The van der Waals surface area contributed by atoms with Gasteiger partial charge in [-0.2, -0.15) is 5.10 Å². The van der Waals surface area contributed by atoms with E-state index in [1.54, 1.807) is 6.20 Å². The summed E-state index contributed by atoms with van der Waals surface area (Å²) in [6, 6.07) is 9.76. The standard InChI is InChI=1S/C26H30ClN5O/c27-22-11-5-4-10-21(22)23-17-24-25(28-14-16-32(24)30-23)31-15-6-9-20(18-31)26(33)29-13-12-19-7-2-1-3-8-19/h4-5,7,10-11,14,16-17,20H,1-3,6,8-9,12-13,15,18H2,(H,29,33). The van der Waals surface area contributed by atoms with E-state index >= 15 is 0 Å². The molecular weight excluding hydrogens is 434 g/mol. The number of aromatic nitrogens is 3. The highest BCUT2D eigenvalue weighted by atomic mass is 35.5. The van der Waals surface area contributed by atoms with E-state index in [2.05, 4.69) is 21.3 Å². The molecule has 1 atom stereocenters. The van der Waals surface area contributed by atoms with Crippen LogP contribution in [0.1, 0.15) is 44.9 Å². The first-order chi connectivity index (χ1) is 16.2. The van der Waals surface area contributed by atoms with E-state index in [0.29, 0.717) is 11.6 Å². The van der Waals surface area contributed by atoms with Crippen molar-refractivity contribution in [2.75, 3.05) is 24.5 Å². The summed E-state index contributed by atoms with van der Waals surface area (Å²) in [7, 11) is 0. The molecule has 1 aromatic carbocycles. The van der Waals surface area contributed by atoms with Crippen LogP contribution in [0, 0.1) is 5.92 Å². The Morgan fingerprint density at radius 1 is 1.21 bits per heavy atom. The molecule has 0 spiro atoms. The largest absolute Gasteiger partial charge is 0.355 e. The van der Waals surface area contributed by atoms with Gasteiger partial charge in [-0.05, 0) is 57.1 Å². The number of halogens is 1. The number of fused-ring (bicyclic) bond motifs is 1. The Balaban J connectivity index is 1.29. The molecule has 3 aromatic rings. The van der Waals surface area contributed by atoms with Gasteiger partial charge in [0.2, 0.25) is 5.91 Å². The molecule has 7 heteroatoms. The van der Waals surface area contributed by atoms with Crippen LogP contribution in [-0.4, -0.2) is 40.1 Å². The number of carbonyl (C=O) groups excluding carboxylic acids is 1. The lowest BCUT2D eigenvalue weighted by atomic mass is 9.96. The summed E-state index contributed by atoms with van der Waals surface area (Å²) in [5.41, 5.74) is 4.14. The number of carbonyl (C=O) groups is 1. The second-order valence-corrected chi connectivity index (χ2v) is 9.43. The van der Waals surface area contributed by atoms with Crippen molar-refractivity contribution < 1.29 is 4.79 Å². The highest BCUT2D eigenvalue weighted by Crippen LogP contribution is 2.31. The molecule has 1 aliphatic carbocycles. The van der Waals surface area contributed by atoms with Crippen LogP contribution in [0.15, 0.2) is 54.4 Å². The number of rotatable bonds is 6. The summed E-state index contributed by atoms with van der Waals surface area (Å²) >= 11 is 6.40.